The Labute approximate surface area is 119 Å². The number of benzene rings is 1. The molecule has 1 aromatic carbocycles. The third kappa shape index (κ3) is 5.12. The van der Waals surface area contributed by atoms with Crippen LogP contribution in [0.1, 0.15) is 19.8 Å². The van der Waals surface area contributed by atoms with Crippen LogP contribution in [-0.4, -0.2) is 24.6 Å². The highest BCUT2D eigenvalue weighted by atomic mass is 79.9. The molecule has 0 aromatic heterocycles. The molecule has 0 fully saturated rings. The van der Waals surface area contributed by atoms with Crippen molar-refractivity contribution in [3.63, 3.8) is 0 Å². The molecule has 0 radical (unpaired) electrons. The number of nitrogens with one attached hydrogen (secondary N) is 1. The van der Waals surface area contributed by atoms with Crippen LogP contribution in [0.3, 0.4) is 0 Å². The van der Waals surface area contributed by atoms with Gasteiger partial charge in [-0.15, -0.1) is 0 Å². The predicted octanol–water partition coefficient (Wildman–Crippen LogP) is 3.26. The lowest BCUT2D eigenvalue weighted by Gasteiger charge is -2.08. The van der Waals surface area contributed by atoms with Gasteiger partial charge in [0, 0.05) is 12.1 Å². The number of nitrogens with zero attached hydrogens (tertiary/aromatic N) is 1. The molecule has 7 heteroatoms. The molecule has 0 saturated carbocycles. The molecular weight excluding hydrogens is 319 g/mol. The maximum atomic E-state index is 13.3. The zero-order valence-electron chi connectivity index (χ0n) is 10.6. The second-order valence-corrected chi connectivity index (χ2v) is 4.80. The SMILES string of the molecule is CCCNCCCOc1cc(F)c(Br)cc1[N+](=O)[O-]. The van der Waals surface area contributed by atoms with Gasteiger partial charge < -0.3 is 10.1 Å². The van der Waals surface area contributed by atoms with E-state index in [1.807, 2.05) is 0 Å². The van der Waals surface area contributed by atoms with Crippen LogP contribution in [0.5, 0.6) is 5.75 Å². The molecule has 0 saturated heterocycles. The van der Waals surface area contributed by atoms with Crippen molar-refractivity contribution in [3.8, 4) is 5.75 Å². The molecule has 0 spiro atoms. The highest BCUT2D eigenvalue weighted by Gasteiger charge is 2.18. The van der Waals surface area contributed by atoms with Crippen LogP contribution >= 0.6 is 15.9 Å². The van der Waals surface area contributed by atoms with E-state index in [4.69, 9.17) is 4.74 Å². The van der Waals surface area contributed by atoms with Crippen molar-refractivity contribution in [1.29, 1.82) is 0 Å². The van der Waals surface area contributed by atoms with Gasteiger partial charge in [0.05, 0.1) is 16.0 Å². The van der Waals surface area contributed by atoms with Gasteiger partial charge in [0.15, 0.2) is 5.75 Å². The van der Waals surface area contributed by atoms with Gasteiger partial charge in [0.1, 0.15) is 5.82 Å². The van der Waals surface area contributed by atoms with Gasteiger partial charge in [-0.2, -0.15) is 0 Å². The molecule has 0 aliphatic rings. The number of nitro groups is 1. The van der Waals surface area contributed by atoms with Crippen molar-refractivity contribution in [2.24, 2.45) is 0 Å². The van der Waals surface area contributed by atoms with Crippen LogP contribution in [0.25, 0.3) is 0 Å². The number of nitro benzene ring substituents is 1. The normalized spacial score (nSPS) is 10.5. The molecule has 19 heavy (non-hydrogen) atoms. The van der Waals surface area contributed by atoms with E-state index < -0.39 is 10.7 Å². The van der Waals surface area contributed by atoms with Gasteiger partial charge in [-0.05, 0) is 41.9 Å². The van der Waals surface area contributed by atoms with Gasteiger partial charge in [-0.1, -0.05) is 6.92 Å². The molecule has 0 aliphatic heterocycles. The minimum absolute atomic E-state index is 0.0406. The topological polar surface area (TPSA) is 64.4 Å². The Morgan fingerprint density at radius 1 is 1.47 bits per heavy atom. The average molecular weight is 335 g/mol. The Morgan fingerprint density at radius 3 is 2.84 bits per heavy atom. The van der Waals surface area contributed by atoms with Gasteiger partial charge >= 0.3 is 5.69 Å². The van der Waals surface area contributed by atoms with Crippen LogP contribution in [0.4, 0.5) is 10.1 Å². The van der Waals surface area contributed by atoms with E-state index in [1.165, 1.54) is 0 Å². The largest absolute Gasteiger partial charge is 0.487 e. The van der Waals surface area contributed by atoms with Crippen molar-refractivity contribution < 1.29 is 14.1 Å². The van der Waals surface area contributed by atoms with Crippen molar-refractivity contribution in [1.82, 2.24) is 5.32 Å². The summed E-state index contributed by atoms with van der Waals surface area (Å²) in [7, 11) is 0. The maximum Gasteiger partial charge on any atom is 0.312 e. The summed E-state index contributed by atoms with van der Waals surface area (Å²) in [4.78, 5) is 10.2. The predicted molar refractivity (Wildman–Crippen MR) is 74.0 cm³/mol. The Balaban J connectivity index is 2.57. The third-order valence-electron chi connectivity index (χ3n) is 2.38. The van der Waals surface area contributed by atoms with E-state index in [9.17, 15) is 14.5 Å². The van der Waals surface area contributed by atoms with Gasteiger partial charge in [0.25, 0.3) is 0 Å². The summed E-state index contributed by atoms with van der Waals surface area (Å²) in [5.74, 6) is -0.620. The maximum absolute atomic E-state index is 13.3. The quantitative estimate of drug-likeness (QED) is 0.450. The monoisotopic (exact) mass is 334 g/mol. The summed E-state index contributed by atoms with van der Waals surface area (Å²) < 4.78 is 18.7. The molecule has 106 valence electrons. The number of hydrogen-bond donors (Lipinski definition) is 1. The minimum atomic E-state index is -0.588. The van der Waals surface area contributed by atoms with Gasteiger partial charge in [-0.25, -0.2) is 4.39 Å². The van der Waals surface area contributed by atoms with Crippen LogP contribution in [0.2, 0.25) is 0 Å². The molecule has 5 nitrogen and oxygen atoms in total. The van der Waals surface area contributed by atoms with E-state index in [2.05, 4.69) is 28.2 Å². The smallest absolute Gasteiger partial charge is 0.312 e. The fraction of sp³-hybridized carbons (Fsp3) is 0.500. The summed E-state index contributed by atoms with van der Waals surface area (Å²) in [6, 6.07) is 2.14. The lowest BCUT2D eigenvalue weighted by molar-refractivity contribution is -0.386. The molecule has 1 rings (SSSR count). The first-order valence-electron chi connectivity index (χ1n) is 6.03. The van der Waals surface area contributed by atoms with Crippen LogP contribution in [0, 0.1) is 15.9 Å². The zero-order valence-corrected chi connectivity index (χ0v) is 12.2. The summed E-state index contributed by atoms with van der Waals surface area (Å²) in [5, 5.41) is 14.0. The summed E-state index contributed by atoms with van der Waals surface area (Å²) in [5.41, 5.74) is -0.241. The lowest BCUT2D eigenvalue weighted by atomic mass is 10.3. The van der Waals surface area contributed by atoms with Crippen LogP contribution < -0.4 is 10.1 Å². The first kappa shape index (κ1) is 15.8. The van der Waals surface area contributed by atoms with Crippen molar-refractivity contribution in [2.45, 2.75) is 19.8 Å². The van der Waals surface area contributed by atoms with E-state index in [1.54, 1.807) is 0 Å². The first-order chi connectivity index (χ1) is 9.06. The summed E-state index contributed by atoms with van der Waals surface area (Å²) in [6.07, 6.45) is 1.75. The molecule has 0 bridgehead atoms. The Morgan fingerprint density at radius 2 is 2.21 bits per heavy atom. The number of halogens is 2. The second-order valence-electron chi connectivity index (χ2n) is 3.94. The van der Waals surface area contributed by atoms with Crippen LogP contribution in [0.15, 0.2) is 16.6 Å². The van der Waals surface area contributed by atoms with Crippen LogP contribution in [-0.2, 0) is 0 Å². The Kier molecular flexibility index (Phi) is 6.72. The fourth-order valence-corrected chi connectivity index (χ4v) is 1.79. The van der Waals surface area contributed by atoms with E-state index in [0.29, 0.717) is 13.0 Å². The second kappa shape index (κ2) is 8.06. The fourth-order valence-electron chi connectivity index (χ4n) is 1.46. The molecule has 1 N–H and O–H groups in total. The van der Waals surface area contributed by atoms with Crippen molar-refractivity contribution >= 4 is 21.6 Å². The summed E-state index contributed by atoms with van der Waals surface area (Å²) >= 11 is 2.91. The third-order valence-corrected chi connectivity index (χ3v) is 2.99. The molecule has 1 aromatic rings. The Hall–Kier alpha value is -1.21. The first-order valence-corrected chi connectivity index (χ1v) is 6.82. The Bertz CT molecular complexity index is 443. The van der Waals surface area contributed by atoms with E-state index in [0.717, 1.165) is 31.6 Å². The number of ether oxygens (including phenoxy) is 1. The molecule has 0 atom stereocenters. The molecule has 0 unspecified atom stereocenters. The minimum Gasteiger partial charge on any atom is -0.487 e. The molecule has 0 heterocycles. The standard InChI is InChI=1S/C12H16BrFN2O3/c1-2-4-15-5-3-6-19-12-8-10(14)9(13)7-11(12)16(17)18/h7-8,15H,2-6H2,1H3. The number of rotatable bonds is 8. The lowest BCUT2D eigenvalue weighted by Crippen LogP contribution is -2.18. The molecule has 0 aliphatic carbocycles. The molecule has 0 amide bonds. The zero-order chi connectivity index (χ0) is 14.3. The molecular formula is C12H16BrFN2O3. The van der Waals surface area contributed by atoms with Crippen molar-refractivity contribution in [3.05, 3.63) is 32.5 Å². The van der Waals surface area contributed by atoms with Crippen molar-refractivity contribution in [2.75, 3.05) is 19.7 Å². The summed E-state index contributed by atoms with van der Waals surface area (Å²) in [6.45, 7) is 4.06. The van der Waals surface area contributed by atoms with Gasteiger partial charge in [-0.3, -0.25) is 10.1 Å². The number of hydrogen-bond acceptors (Lipinski definition) is 4. The van der Waals surface area contributed by atoms with Gasteiger partial charge in [0.2, 0.25) is 0 Å². The average Bonchev–Trinajstić information content (AvgIpc) is 2.37. The highest BCUT2D eigenvalue weighted by molar-refractivity contribution is 9.10. The van der Waals surface area contributed by atoms with E-state index in [-0.39, 0.29) is 15.9 Å². The highest BCUT2D eigenvalue weighted by Crippen LogP contribution is 2.32. The van der Waals surface area contributed by atoms with E-state index >= 15 is 0 Å².